The fourth-order valence-electron chi connectivity index (χ4n) is 1.97. The molecule has 1 N–H and O–H groups in total. The molecule has 1 aromatic heterocycles. The molecule has 1 atom stereocenters. The maximum atomic E-state index is 12.1. The van der Waals surface area contributed by atoms with E-state index in [0.29, 0.717) is 13.0 Å². The molecule has 2 rings (SSSR count). The molecule has 0 spiro atoms. The van der Waals surface area contributed by atoms with Crippen molar-refractivity contribution in [3.05, 3.63) is 53.5 Å². The van der Waals surface area contributed by atoms with E-state index in [1.807, 2.05) is 45.0 Å². The summed E-state index contributed by atoms with van der Waals surface area (Å²) in [5, 5.41) is 2.82. The van der Waals surface area contributed by atoms with Crippen LogP contribution in [0.3, 0.4) is 0 Å². The Morgan fingerprint density at radius 3 is 2.71 bits per heavy atom. The second-order valence-corrected chi connectivity index (χ2v) is 5.06. The lowest BCUT2D eigenvalue weighted by Crippen LogP contribution is -2.37. The zero-order valence-corrected chi connectivity index (χ0v) is 12.7. The molecule has 0 aliphatic rings. The summed E-state index contributed by atoms with van der Waals surface area (Å²) in [6, 6.07) is 9.47. The van der Waals surface area contributed by atoms with E-state index in [4.69, 9.17) is 9.15 Å². The number of hydrogen-bond acceptors (Lipinski definition) is 3. The molecule has 0 saturated heterocycles. The summed E-state index contributed by atoms with van der Waals surface area (Å²) >= 11 is 0. The molecule has 0 aliphatic heterocycles. The van der Waals surface area contributed by atoms with Gasteiger partial charge < -0.3 is 14.5 Å². The number of nitrogens with one attached hydrogen (secondary N) is 1. The molecule has 21 heavy (non-hydrogen) atoms. The fourth-order valence-corrected chi connectivity index (χ4v) is 1.97. The minimum Gasteiger partial charge on any atom is -0.481 e. The van der Waals surface area contributed by atoms with Gasteiger partial charge in [0.2, 0.25) is 0 Å². The Bertz CT molecular complexity index is 590. The van der Waals surface area contributed by atoms with E-state index in [9.17, 15) is 4.79 Å². The lowest BCUT2D eigenvalue weighted by Gasteiger charge is -2.17. The van der Waals surface area contributed by atoms with Gasteiger partial charge in [-0.3, -0.25) is 4.79 Å². The van der Waals surface area contributed by atoms with E-state index in [0.717, 1.165) is 17.1 Å². The van der Waals surface area contributed by atoms with Crippen LogP contribution >= 0.6 is 0 Å². The topological polar surface area (TPSA) is 51.5 Å². The van der Waals surface area contributed by atoms with Crippen LogP contribution in [0.2, 0.25) is 0 Å². The zero-order chi connectivity index (χ0) is 15.2. The lowest BCUT2D eigenvalue weighted by atomic mass is 10.1. The summed E-state index contributed by atoms with van der Waals surface area (Å²) in [5.74, 6) is 1.31. The number of rotatable bonds is 6. The Kier molecular flexibility index (Phi) is 5.04. The van der Waals surface area contributed by atoms with Crippen molar-refractivity contribution in [3.8, 4) is 5.75 Å². The molecule has 1 amide bonds. The summed E-state index contributed by atoms with van der Waals surface area (Å²) in [4.78, 5) is 12.1. The summed E-state index contributed by atoms with van der Waals surface area (Å²) < 4.78 is 11.0. The minimum absolute atomic E-state index is 0.132. The van der Waals surface area contributed by atoms with E-state index >= 15 is 0 Å². The molecule has 1 aromatic carbocycles. The Hall–Kier alpha value is -2.23. The standard InChI is InChI=1S/C17H21NO3/c1-4-16(17(19)18-11-15-6-5-9-20-15)21-14-8-7-12(2)13(3)10-14/h5-10,16H,4,11H2,1-3H3,(H,18,19). The molecule has 2 aromatic rings. The van der Waals surface area contributed by atoms with Gasteiger partial charge in [0.25, 0.3) is 5.91 Å². The van der Waals surface area contributed by atoms with Crippen molar-refractivity contribution in [2.24, 2.45) is 0 Å². The first-order valence-electron chi connectivity index (χ1n) is 7.14. The van der Waals surface area contributed by atoms with Gasteiger partial charge in [-0.05, 0) is 55.7 Å². The number of carbonyl (C=O) groups excluding carboxylic acids is 1. The third-order valence-corrected chi connectivity index (χ3v) is 3.44. The molecule has 0 bridgehead atoms. The Balaban J connectivity index is 1.95. The van der Waals surface area contributed by atoms with Crippen molar-refractivity contribution in [2.75, 3.05) is 0 Å². The number of aryl methyl sites for hydroxylation is 2. The fraction of sp³-hybridized carbons (Fsp3) is 0.353. The number of ether oxygens (including phenoxy) is 1. The molecule has 112 valence electrons. The van der Waals surface area contributed by atoms with Crippen LogP contribution in [-0.4, -0.2) is 12.0 Å². The van der Waals surface area contributed by atoms with Gasteiger partial charge in [0, 0.05) is 0 Å². The second-order valence-electron chi connectivity index (χ2n) is 5.06. The smallest absolute Gasteiger partial charge is 0.261 e. The van der Waals surface area contributed by atoms with Crippen LogP contribution in [0.15, 0.2) is 41.0 Å². The van der Waals surface area contributed by atoms with Gasteiger partial charge in [-0.1, -0.05) is 13.0 Å². The minimum atomic E-state index is -0.498. The first-order valence-corrected chi connectivity index (χ1v) is 7.14. The molecular weight excluding hydrogens is 266 g/mol. The summed E-state index contributed by atoms with van der Waals surface area (Å²) in [7, 11) is 0. The summed E-state index contributed by atoms with van der Waals surface area (Å²) in [5.41, 5.74) is 2.36. The first-order chi connectivity index (χ1) is 10.1. The van der Waals surface area contributed by atoms with Crippen molar-refractivity contribution in [1.29, 1.82) is 0 Å². The Morgan fingerprint density at radius 2 is 2.10 bits per heavy atom. The molecule has 0 radical (unpaired) electrons. The largest absolute Gasteiger partial charge is 0.481 e. The normalized spacial score (nSPS) is 12.0. The molecule has 0 fully saturated rings. The third-order valence-electron chi connectivity index (χ3n) is 3.44. The number of amides is 1. The van der Waals surface area contributed by atoms with Gasteiger partial charge in [-0.2, -0.15) is 0 Å². The SMILES string of the molecule is CCC(Oc1ccc(C)c(C)c1)C(=O)NCc1ccco1. The van der Waals surface area contributed by atoms with Crippen LogP contribution in [0.25, 0.3) is 0 Å². The van der Waals surface area contributed by atoms with Gasteiger partial charge in [-0.15, -0.1) is 0 Å². The molecule has 4 heteroatoms. The predicted octanol–water partition coefficient (Wildman–Crippen LogP) is 3.37. The highest BCUT2D eigenvalue weighted by Gasteiger charge is 2.18. The molecule has 1 unspecified atom stereocenters. The average Bonchev–Trinajstić information content (AvgIpc) is 2.99. The molecular formula is C17H21NO3. The number of carbonyl (C=O) groups is 1. The Labute approximate surface area is 125 Å². The van der Waals surface area contributed by atoms with Crippen molar-refractivity contribution in [1.82, 2.24) is 5.32 Å². The second kappa shape index (κ2) is 6.97. The van der Waals surface area contributed by atoms with Crippen LogP contribution in [0.1, 0.15) is 30.2 Å². The van der Waals surface area contributed by atoms with E-state index in [1.165, 1.54) is 5.56 Å². The molecule has 0 saturated carbocycles. The molecule has 1 heterocycles. The van der Waals surface area contributed by atoms with Crippen LogP contribution in [0.4, 0.5) is 0 Å². The van der Waals surface area contributed by atoms with Gasteiger partial charge in [0.05, 0.1) is 12.8 Å². The number of hydrogen-bond donors (Lipinski definition) is 1. The number of furan rings is 1. The highest BCUT2D eigenvalue weighted by molar-refractivity contribution is 5.81. The van der Waals surface area contributed by atoms with E-state index in [2.05, 4.69) is 5.32 Å². The third kappa shape index (κ3) is 4.12. The zero-order valence-electron chi connectivity index (χ0n) is 12.7. The van der Waals surface area contributed by atoms with Crippen LogP contribution < -0.4 is 10.1 Å². The first kappa shape index (κ1) is 15.2. The van der Waals surface area contributed by atoms with Crippen LogP contribution in [0, 0.1) is 13.8 Å². The highest BCUT2D eigenvalue weighted by atomic mass is 16.5. The lowest BCUT2D eigenvalue weighted by molar-refractivity contribution is -0.128. The van der Waals surface area contributed by atoms with Gasteiger partial charge in [0.15, 0.2) is 6.10 Å². The average molecular weight is 287 g/mol. The molecule has 4 nitrogen and oxygen atoms in total. The molecule has 0 aliphatic carbocycles. The van der Waals surface area contributed by atoms with E-state index in [1.54, 1.807) is 12.3 Å². The van der Waals surface area contributed by atoms with Gasteiger partial charge in [0.1, 0.15) is 11.5 Å². The van der Waals surface area contributed by atoms with Gasteiger partial charge >= 0.3 is 0 Å². The van der Waals surface area contributed by atoms with Crippen molar-refractivity contribution < 1.29 is 13.9 Å². The van der Waals surface area contributed by atoms with Crippen LogP contribution in [0.5, 0.6) is 5.75 Å². The predicted molar refractivity (Wildman–Crippen MR) is 81.2 cm³/mol. The van der Waals surface area contributed by atoms with Crippen molar-refractivity contribution in [3.63, 3.8) is 0 Å². The number of benzene rings is 1. The van der Waals surface area contributed by atoms with Crippen molar-refractivity contribution >= 4 is 5.91 Å². The summed E-state index contributed by atoms with van der Waals surface area (Å²) in [6.45, 7) is 6.38. The van der Waals surface area contributed by atoms with Crippen molar-refractivity contribution in [2.45, 2.75) is 39.8 Å². The van der Waals surface area contributed by atoms with Gasteiger partial charge in [-0.25, -0.2) is 0 Å². The maximum absolute atomic E-state index is 12.1. The maximum Gasteiger partial charge on any atom is 0.261 e. The quantitative estimate of drug-likeness (QED) is 0.886. The Morgan fingerprint density at radius 1 is 1.29 bits per heavy atom. The summed E-state index contributed by atoms with van der Waals surface area (Å²) in [6.07, 6.45) is 1.70. The van der Waals surface area contributed by atoms with Crippen LogP contribution in [-0.2, 0) is 11.3 Å². The van der Waals surface area contributed by atoms with E-state index in [-0.39, 0.29) is 5.91 Å². The van der Waals surface area contributed by atoms with E-state index < -0.39 is 6.10 Å². The monoisotopic (exact) mass is 287 g/mol. The highest BCUT2D eigenvalue weighted by Crippen LogP contribution is 2.18.